The Kier molecular flexibility index (Phi) is 3.12. The van der Waals surface area contributed by atoms with Gasteiger partial charge in [-0.25, -0.2) is 4.39 Å². The van der Waals surface area contributed by atoms with Crippen molar-refractivity contribution in [1.82, 2.24) is 14.8 Å². The minimum Gasteiger partial charge on any atom is -0.368 e. The molecule has 0 radical (unpaired) electrons. The fraction of sp³-hybridized carbons (Fsp3) is 0.333. The van der Waals surface area contributed by atoms with Crippen molar-refractivity contribution in [3.63, 3.8) is 0 Å². The first-order chi connectivity index (χ1) is 9.77. The highest BCUT2D eigenvalue weighted by Crippen LogP contribution is 2.43. The smallest absolute Gasteiger partial charge is 0.368 e. The van der Waals surface area contributed by atoms with Crippen LogP contribution in [0.2, 0.25) is 0 Å². The predicted molar refractivity (Wildman–Crippen MR) is 70.0 cm³/mol. The van der Waals surface area contributed by atoms with E-state index in [2.05, 4.69) is 22.7 Å². The highest BCUT2D eigenvalue weighted by Gasteiger charge is 2.37. The number of anilines is 1. The van der Waals surface area contributed by atoms with E-state index in [4.69, 9.17) is 5.73 Å². The Balaban J connectivity index is 2.08. The lowest BCUT2D eigenvalue weighted by molar-refractivity contribution is -0.144. The molecule has 1 aliphatic carbocycles. The topological polar surface area (TPSA) is 56.7 Å². The normalized spacial score (nSPS) is 15.5. The van der Waals surface area contributed by atoms with Crippen LogP contribution in [0.25, 0.3) is 5.69 Å². The molecule has 21 heavy (non-hydrogen) atoms. The monoisotopic (exact) mass is 318 g/mol. The summed E-state index contributed by atoms with van der Waals surface area (Å²) in [5.41, 5.74) is 5.94. The van der Waals surface area contributed by atoms with Crippen molar-refractivity contribution >= 4 is 18.6 Å². The summed E-state index contributed by atoms with van der Waals surface area (Å²) >= 11 is 4.25. The van der Waals surface area contributed by atoms with E-state index in [1.54, 1.807) is 0 Å². The van der Waals surface area contributed by atoms with E-state index in [1.165, 1.54) is 12.1 Å². The van der Waals surface area contributed by atoms with E-state index in [0.29, 0.717) is 9.58 Å². The van der Waals surface area contributed by atoms with Gasteiger partial charge in [-0.3, -0.25) is 0 Å². The SMILES string of the molecule is Nc1nc(C(F)(F)F)nn1-c1cc(S)c(C2CC2)cc1F. The van der Waals surface area contributed by atoms with Gasteiger partial charge in [0.1, 0.15) is 11.5 Å². The highest BCUT2D eigenvalue weighted by atomic mass is 32.1. The van der Waals surface area contributed by atoms with Crippen LogP contribution in [0.5, 0.6) is 0 Å². The highest BCUT2D eigenvalue weighted by molar-refractivity contribution is 7.80. The summed E-state index contributed by atoms with van der Waals surface area (Å²) in [6.07, 6.45) is -2.83. The number of nitrogen functional groups attached to an aromatic ring is 1. The number of benzene rings is 1. The Morgan fingerprint density at radius 3 is 2.48 bits per heavy atom. The van der Waals surface area contributed by atoms with Gasteiger partial charge in [0.15, 0.2) is 0 Å². The Hall–Kier alpha value is -1.77. The summed E-state index contributed by atoms with van der Waals surface area (Å²) in [6, 6.07) is 2.58. The summed E-state index contributed by atoms with van der Waals surface area (Å²) < 4.78 is 52.4. The van der Waals surface area contributed by atoms with Gasteiger partial charge in [-0.1, -0.05) is 0 Å². The summed E-state index contributed by atoms with van der Waals surface area (Å²) in [5, 5.41) is 3.22. The lowest BCUT2D eigenvalue weighted by Gasteiger charge is -2.09. The first-order valence-electron chi connectivity index (χ1n) is 6.10. The maximum atomic E-state index is 14.1. The summed E-state index contributed by atoms with van der Waals surface area (Å²) in [5.74, 6) is -2.39. The average Bonchev–Trinajstić information content (AvgIpc) is 3.13. The van der Waals surface area contributed by atoms with Gasteiger partial charge in [-0.2, -0.15) is 22.8 Å². The zero-order valence-corrected chi connectivity index (χ0v) is 11.4. The van der Waals surface area contributed by atoms with E-state index in [0.717, 1.165) is 18.4 Å². The minimum atomic E-state index is -4.74. The summed E-state index contributed by atoms with van der Waals surface area (Å²) in [4.78, 5) is 3.61. The molecule has 1 heterocycles. The van der Waals surface area contributed by atoms with Crippen molar-refractivity contribution in [2.45, 2.75) is 29.8 Å². The standard InChI is InChI=1S/C12H10F4N4S/c13-7-3-6(5-1-2-5)9(21)4-8(7)20-11(17)18-10(19-20)12(14,15)16/h3-5,21H,1-2H2,(H2,17,18,19). The van der Waals surface area contributed by atoms with Crippen LogP contribution in [0.3, 0.4) is 0 Å². The molecule has 4 nitrogen and oxygen atoms in total. The number of halogens is 4. The third kappa shape index (κ3) is 2.57. The largest absolute Gasteiger partial charge is 0.453 e. The van der Waals surface area contributed by atoms with Gasteiger partial charge < -0.3 is 5.73 Å². The number of alkyl halides is 3. The molecule has 0 aliphatic heterocycles. The Morgan fingerprint density at radius 1 is 1.29 bits per heavy atom. The second-order valence-corrected chi connectivity index (χ2v) is 5.32. The quantitative estimate of drug-likeness (QED) is 0.660. The van der Waals surface area contributed by atoms with Gasteiger partial charge in [0.05, 0.1) is 0 Å². The fourth-order valence-electron chi connectivity index (χ4n) is 2.07. The van der Waals surface area contributed by atoms with Crippen molar-refractivity contribution in [2.24, 2.45) is 0 Å². The van der Waals surface area contributed by atoms with E-state index in [9.17, 15) is 17.6 Å². The second kappa shape index (κ2) is 4.62. The van der Waals surface area contributed by atoms with Gasteiger partial charge in [0, 0.05) is 4.90 Å². The van der Waals surface area contributed by atoms with Crippen LogP contribution in [-0.2, 0) is 6.18 Å². The van der Waals surface area contributed by atoms with E-state index >= 15 is 0 Å². The molecule has 0 amide bonds. The van der Waals surface area contributed by atoms with Crippen LogP contribution in [0.15, 0.2) is 17.0 Å². The van der Waals surface area contributed by atoms with Crippen LogP contribution in [0.1, 0.15) is 30.1 Å². The molecule has 2 aromatic rings. The Labute approximate surface area is 122 Å². The molecule has 0 spiro atoms. The van der Waals surface area contributed by atoms with E-state index < -0.39 is 23.8 Å². The van der Waals surface area contributed by atoms with Crippen LogP contribution < -0.4 is 5.73 Å². The molecule has 9 heteroatoms. The second-order valence-electron chi connectivity index (χ2n) is 4.84. The van der Waals surface area contributed by atoms with Crippen LogP contribution in [-0.4, -0.2) is 14.8 Å². The molecule has 2 N–H and O–H groups in total. The van der Waals surface area contributed by atoms with Gasteiger partial charge in [-0.15, -0.1) is 17.7 Å². The van der Waals surface area contributed by atoms with E-state index in [1.807, 2.05) is 0 Å². The predicted octanol–water partition coefficient (Wildman–Crippen LogP) is 3.17. The lowest BCUT2D eigenvalue weighted by atomic mass is 10.1. The summed E-state index contributed by atoms with van der Waals surface area (Å²) in [7, 11) is 0. The van der Waals surface area contributed by atoms with Gasteiger partial charge in [0.2, 0.25) is 5.95 Å². The van der Waals surface area contributed by atoms with Crippen molar-refractivity contribution in [3.05, 3.63) is 29.3 Å². The van der Waals surface area contributed by atoms with Crippen LogP contribution in [0.4, 0.5) is 23.5 Å². The Morgan fingerprint density at radius 2 is 1.95 bits per heavy atom. The number of thiol groups is 1. The minimum absolute atomic E-state index is 0.204. The molecule has 0 bridgehead atoms. The molecule has 0 saturated heterocycles. The number of hydrogen-bond donors (Lipinski definition) is 2. The van der Waals surface area contributed by atoms with Gasteiger partial charge in [0.25, 0.3) is 5.82 Å². The molecule has 3 rings (SSSR count). The van der Waals surface area contributed by atoms with Crippen LogP contribution >= 0.6 is 12.6 Å². The Bertz CT molecular complexity index is 706. The van der Waals surface area contributed by atoms with Crippen LogP contribution in [0, 0.1) is 5.82 Å². The van der Waals surface area contributed by atoms with Crippen molar-refractivity contribution in [1.29, 1.82) is 0 Å². The molecule has 1 aliphatic rings. The van der Waals surface area contributed by atoms with Gasteiger partial charge in [-0.05, 0) is 36.5 Å². The van der Waals surface area contributed by atoms with Crippen molar-refractivity contribution in [2.75, 3.05) is 5.73 Å². The lowest BCUT2D eigenvalue weighted by Crippen LogP contribution is -2.09. The third-order valence-corrected chi connectivity index (χ3v) is 3.61. The zero-order valence-electron chi connectivity index (χ0n) is 10.5. The van der Waals surface area contributed by atoms with E-state index in [-0.39, 0.29) is 11.6 Å². The van der Waals surface area contributed by atoms with Gasteiger partial charge >= 0.3 is 6.18 Å². The number of rotatable bonds is 2. The molecule has 1 aromatic heterocycles. The molecular formula is C12H10F4N4S. The first-order valence-corrected chi connectivity index (χ1v) is 6.54. The van der Waals surface area contributed by atoms with Crippen molar-refractivity contribution in [3.8, 4) is 5.69 Å². The first kappa shape index (κ1) is 14.2. The molecule has 1 fully saturated rings. The molecule has 0 atom stereocenters. The molecule has 0 unspecified atom stereocenters. The zero-order chi connectivity index (χ0) is 15.4. The maximum Gasteiger partial charge on any atom is 0.453 e. The fourth-order valence-corrected chi connectivity index (χ4v) is 2.44. The number of nitrogens with two attached hydrogens (primary N) is 1. The summed E-state index contributed by atoms with van der Waals surface area (Å²) in [6.45, 7) is 0. The molecule has 112 valence electrons. The molecule has 1 aromatic carbocycles. The average molecular weight is 318 g/mol. The number of hydrogen-bond acceptors (Lipinski definition) is 4. The number of nitrogens with zero attached hydrogens (tertiary/aromatic N) is 3. The molecular weight excluding hydrogens is 308 g/mol. The number of aromatic nitrogens is 3. The van der Waals surface area contributed by atoms with Crippen molar-refractivity contribution < 1.29 is 17.6 Å². The third-order valence-electron chi connectivity index (χ3n) is 3.23. The molecule has 1 saturated carbocycles. The maximum absolute atomic E-state index is 14.1.